The van der Waals surface area contributed by atoms with Crippen LogP contribution in [-0.4, -0.2) is 12.1 Å². The molecule has 0 aliphatic carbocycles. The van der Waals surface area contributed by atoms with Gasteiger partial charge in [-0.1, -0.05) is 59.6 Å². The van der Waals surface area contributed by atoms with Gasteiger partial charge in [0.1, 0.15) is 0 Å². The zero-order valence-electron chi connectivity index (χ0n) is 12.0. The predicted molar refractivity (Wildman–Crippen MR) is 95.5 cm³/mol. The van der Waals surface area contributed by atoms with E-state index >= 15 is 0 Å². The van der Waals surface area contributed by atoms with Gasteiger partial charge in [0.2, 0.25) is 0 Å². The third kappa shape index (κ3) is 3.70. The van der Waals surface area contributed by atoms with Crippen molar-refractivity contribution in [3.05, 3.63) is 81.8 Å². The quantitative estimate of drug-likeness (QED) is 0.533. The van der Waals surface area contributed by atoms with Gasteiger partial charge in [-0.3, -0.25) is 4.79 Å². The van der Waals surface area contributed by atoms with Crippen molar-refractivity contribution >= 4 is 46.1 Å². The molecule has 1 N–H and O–H groups in total. The number of fused-ring (bicyclic) bond motifs is 1. The Morgan fingerprint density at radius 3 is 2.52 bits per heavy atom. The van der Waals surface area contributed by atoms with Gasteiger partial charge >= 0.3 is 0 Å². The molecule has 3 aromatic rings. The Morgan fingerprint density at radius 1 is 0.957 bits per heavy atom. The van der Waals surface area contributed by atoms with E-state index in [-0.39, 0.29) is 10.9 Å². The fourth-order valence-corrected chi connectivity index (χ4v) is 2.68. The van der Waals surface area contributed by atoms with Crippen molar-refractivity contribution in [1.29, 1.82) is 0 Å². The van der Waals surface area contributed by atoms with E-state index in [0.717, 1.165) is 16.3 Å². The molecule has 5 heteroatoms. The van der Waals surface area contributed by atoms with Crippen LogP contribution in [0, 0.1) is 0 Å². The summed E-state index contributed by atoms with van der Waals surface area (Å²) >= 11 is 11.8. The molecular weight excluding hydrogens is 331 g/mol. The zero-order chi connectivity index (χ0) is 16.2. The fourth-order valence-electron chi connectivity index (χ4n) is 2.19. The summed E-state index contributed by atoms with van der Waals surface area (Å²) in [5.74, 6) is -0.385. The molecule has 0 bridgehead atoms. The van der Waals surface area contributed by atoms with Crippen LogP contribution in [0.25, 0.3) is 10.8 Å². The van der Waals surface area contributed by atoms with Gasteiger partial charge in [0, 0.05) is 5.02 Å². The highest BCUT2D eigenvalue weighted by atomic mass is 35.5. The van der Waals surface area contributed by atoms with E-state index in [2.05, 4.69) is 10.5 Å². The molecule has 0 saturated heterocycles. The Morgan fingerprint density at radius 2 is 1.74 bits per heavy atom. The van der Waals surface area contributed by atoms with Gasteiger partial charge in [-0.15, -0.1) is 0 Å². The minimum atomic E-state index is -0.385. The molecule has 114 valence electrons. The Hall–Kier alpha value is -2.36. The Kier molecular flexibility index (Phi) is 4.60. The summed E-state index contributed by atoms with van der Waals surface area (Å²) in [5.41, 5.74) is 3.68. The van der Waals surface area contributed by atoms with Crippen LogP contribution in [-0.2, 0) is 0 Å². The maximum absolute atomic E-state index is 12.0. The molecule has 0 aliphatic rings. The van der Waals surface area contributed by atoms with Crippen LogP contribution in [0.1, 0.15) is 15.9 Å². The van der Waals surface area contributed by atoms with Crippen LogP contribution < -0.4 is 5.43 Å². The van der Waals surface area contributed by atoms with E-state index < -0.39 is 0 Å². The fraction of sp³-hybridized carbons (Fsp3) is 0. The summed E-state index contributed by atoms with van der Waals surface area (Å²) < 4.78 is 0. The van der Waals surface area contributed by atoms with Crippen LogP contribution in [0.2, 0.25) is 10.0 Å². The van der Waals surface area contributed by atoms with E-state index in [0.29, 0.717) is 10.6 Å². The van der Waals surface area contributed by atoms with Crippen molar-refractivity contribution in [3.63, 3.8) is 0 Å². The lowest BCUT2D eigenvalue weighted by Crippen LogP contribution is -2.18. The van der Waals surface area contributed by atoms with Crippen molar-refractivity contribution in [2.24, 2.45) is 5.10 Å². The highest BCUT2D eigenvalue weighted by Gasteiger charge is 2.09. The average molecular weight is 343 g/mol. The number of nitrogens with zero attached hydrogens (tertiary/aromatic N) is 1. The summed E-state index contributed by atoms with van der Waals surface area (Å²) in [6.45, 7) is 0. The van der Waals surface area contributed by atoms with Crippen LogP contribution in [0.15, 0.2) is 65.8 Å². The molecule has 1 amide bonds. The molecule has 0 saturated carbocycles. The van der Waals surface area contributed by atoms with Gasteiger partial charge in [-0.2, -0.15) is 5.10 Å². The van der Waals surface area contributed by atoms with Gasteiger partial charge in [0.25, 0.3) is 5.91 Å². The number of nitrogens with one attached hydrogen (secondary N) is 1. The van der Waals surface area contributed by atoms with Crippen LogP contribution in [0.5, 0.6) is 0 Å². The lowest BCUT2D eigenvalue weighted by molar-refractivity contribution is 0.0955. The Bertz CT molecular complexity index is 906. The van der Waals surface area contributed by atoms with E-state index in [4.69, 9.17) is 23.2 Å². The second-order valence-electron chi connectivity index (χ2n) is 4.93. The molecule has 0 spiro atoms. The number of halogens is 2. The molecule has 0 aliphatic heterocycles. The lowest BCUT2D eigenvalue weighted by atomic mass is 10.1. The van der Waals surface area contributed by atoms with E-state index in [1.807, 2.05) is 42.5 Å². The Balaban J connectivity index is 1.73. The van der Waals surface area contributed by atoms with Gasteiger partial charge < -0.3 is 0 Å². The molecule has 23 heavy (non-hydrogen) atoms. The first-order valence-electron chi connectivity index (χ1n) is 6.91. The van der Waals surface area contributed by atoms with Crippen molar-refractivity contribution in [3.8, 4) is 0 Å². The van der Waals surface area contributed by atoms with Gasteiger partial charge in [-0.25, -0.2) is 5.43 Å². The standard InChI is InChI=1S/C18H12Cl2N2O/c19-15-7-8-16(17(20)10-15)18(23)22-21-11-12-5-6-13-3-1-2-4-14(13)9-12/h1-11H,(H,22,23)/b21-11+. The number of hydrogen-bond acceptors (Lipinski definition) is 2. The van der Waals surface area contributed by atoms with Gasteiger partial charge in [-0.05, 0) is 40.6 Å². The number of amides is 1. The summed E-state index contributed by atoms with van der Waals surface area (Å²) in [5, 5.41) is 7.01. The van der Waals surface area contributed by atoms with Crippen LogP contribution in [0.4, 0.5) is 0 Å². The monoisotopic (exact) mass is 342 g/mol. The van der Waals surface area contributed by atoms with Crippen LogP contribution in [0.3, 0.4) is 0 Å². The number of carbonyl (C=O) groups is 1. The molecule has 0 heterocycles. The minimum absolute atomic E-state index is 0.288. The highest BCUT2D eigenvalue weighted by molar-refractivity contribution is 6.36. The maximum Gasteiger partial charge on any atom is 0.272 e. The van der Waals surface area contributed by atoms with E-state index in [1.54, 1.807) is 18.3 Å². The highest BCUT2D eigenvalue weighted by Crippen LogP contribution is 2.20. The molecule has 0 unspecified atom stereocenters. The largest absolute Gasteiger partial charge is 0.272 e. The average Bonchev–Trinajstić information content (AvgIpc) is 2.54. The van der Waals surface area contributed by atoms with Gasteiger partial charge in [0.15, 0.2) is 0 Å². The van der Waals surface area contributed by atoms with Crippen molar-refractivity contribution in [2.45, 2.75) is 0 Å². The zero-order valence-corrected chi connectivity index (χ0v) is 13.5. The van der Waals surface area contributed by atoms with Crippen molar-refractivity contribution < 1.29 is 4.79 Å². The third-order valence-electron chi connectivity index (χ3n) is 3.33. The number of carbonyl (C=O) groups excluding carboxylic acids is 1. The maximum atomic E-state index is 12.0. The van der Waals surface area contributed by atoms with Crippen molar-refractivity contribution in [2.75, 3.05) is 0 Å². The second kappa shape index (κ2) is 6.82. The molecule has 3 nitrogen and oxygen atoms in total. The smallest absolute Gasteiger partial charge is 0.267 e. The molecular formula is C18H12Cl2N2O. The SMILES string of the molecule is O=C(N/N=C/c1ccc2ccccc2c1)c1ccc(Cl)cc1Cl. The lowest BCUT2D eigenvalue weighted by Gasteiger charge is -2.03. The topological polar surface area (TPSA) is 41.5 Å². The number of hydrazone groups is 1. The first-order valence-corrected chi connectivity index (χ1v) is 7.66. The molecule has 0 fully saturated rings. The first-order chi connectivity index (χ1) is 11.1. The van der Waals surface area contributed by atoms with E-state index in [1.165, 1.54) is 6.07 Å². The van der Waals surface area contributed by atoms with Crippen LogP contribution >= 0.6 is 23.2 Å². The molecule has 3 rings (SSSR count). The van der Waals surface area contributed by atoms with E-state index in [9.17, 15) is 4.79 Å². The molecule has 3 aromatic carbocycles. The number of benzene rings is 3. The summed E-state index contributed by atoms with van der Waals surface area (Å²) in [7, 11) is 0. The predicted octanol–water partition coefficient (Wildman–Crippen LogP) is 4.91. The number of rotatable bonds is 3. The van der Waals surface area contributed by atoms with Crippen molar-refractivity contribution in [1.82, 2.24) is 5.43 Å². The summed E-state index contributed by atoms with van der Waals surface area (Å²) in [6, 6.07) is 18.7. The van der Waals surface area contributed by atoms with Gasteiger partial charge in [0.05, 0.1) is 16.8 Å². The molecule has 0 atom stereocenters. The number of hydrogen-bond donors (Lipinski definition) is 1. The second-order valence-corrected chi connectivity index (χ2v) is 5.77. The minimum Gasteiger partial charge on any atom is -0.267 e. The third-order valence-corrected chi connectivity index (χ3v) is 3.88. The molecule has 0 aromatic heterocycles. The first kappa shape index (κ1) is 15.5. The summed E-state index contributed by atoms with van der Waals surface area (Å²) in [4.78, 5) is 12.0. The summed E-state index contributed by atoms with van der Waals surface area (Å²) in [6.07, 6.45) is 1.59. The Labute approximate surface area is 143 Å². The molecule has 0 radical (unpaired) electrons. The normalized spacial score (nSPS) is 11.0.